The number of nitrogens with zero attached hydrogens (tertiary/aromatic N) is 4. The first-order valence-electron chi connectivity index (χ1n) is 18.4. The van der Waals surface area contributed by atoms with Crippen LogP contribution >= 0.6 is 0 Å². The van der Waals surface area contributed by atoms with Crippen molar-refractivity contribution >= 4 is 22.8 Å². The lowest BCUT2D eigenvalue weighted by Crippen LogP contribution is -2.37. The first kappa shape index (κ1) is 36.6. The van der Waals surface area contributed by atoms with Gasteiger partial charge in [-0.1, -0.05) is 125 Å². The molecule has 4 aliphatic rings. The van der Waals surface area contributed by atoms with Gasteiger partial charge in [0.05, 0.1) is 23.5 Å². The summed E-state index contributed by atoms with van der Waals surface area (Å²) in [7, 11) is 0. The van der Waals surface area contributed by atoms with Crippen molar-refractivity contribution in [2.75, 3.05) is 10.2 Å². The first-order valence-corrected chi connectivity index (χ1v) is 18.4. The predicted octanol–water partition coefficient (Wildman–Crippen LogP) is 9.22. The number of benzene rings is 2. The highest BCUT2D eigenvalue weighted by Crippen LogP contribution is 2.47. The van der Waals surface area contributed by atoms with E-state index < -0.39 is 0 Å². The maximum absolute atomic E-state index is 12.1. The van der Waals surface area contributed by atoms with Crippen LogP contribution in [0.3, 0.4) is 0 Å². The fourth-order valence-electron chi connectivity index (χ4n) is 8.52. The van der Waals surface area contributed by atoms with Crippen LogP contribution < -0.4 is 21.1 Å². The van der Waals surface area contributed by atoms with Crippen LogP contribution in [0.1, 0.15) is 117 Å². The number of fused-ring (bicyclic) bond motifs is 2. The molecule has 0 radical (unpaired) electrons. The Labute approximate surface area is 305 Å². The Morgan fingerprint density at radius 3 is 1.55 bits per heavy atom. The molecule has 0 spiro atoms. The van der Waals surface area contributed by atoms with E-state index in [0.29, 0.717) is 17.8 Å². The van der Waals surface area contributed by atoms with Crippen molar-refractivity contribution in [3.05, 3.63) is 95.1 Å². The molecule has 4 N–H and O–H groups in total. The number of phenols is 2. The predicted molar refractivity (Wildman–Crippen MR) is 213 cm³/mol. The number of hydrazone groups is 2. The third kappa shape index (κ3) is 7.87. The van der Waals surface area contributed by atoms with Crippen LogP contribution in [-0.2, 0) is 17.3 Å². The largest absolute Gasteiger partial charge is 0.505 e. The van der Waals surface area contributed by atoms with Gasteiger partial charge in [0.1, 0.15) is 22.9 Å². The molecule has 0 aromatic heterocycles. The number of phenolic OH excluding ortho intramolecular Hbond substituents is 2. The number of hydrogen-bond donors (Lipinski definition) is 4. The van der Waals surface area contributed by atoms with Gasteiger partial charge >= 0.3 is 0 Å². The zero-order valence-corrected chi connectivity index (χ0v) is 32.5. The highest BCUT2D eigenvalue weighted by Gasteiger charge is 2.35. The molecule has 0 amide bonds. The minimum absolute atomic E-state index is 0.0461. The number of anilines is 2. The Kier molecular flexibility index (Phi) is 9.43. The second kappa shape index (κ2) is 13.1. The smallest absolute Gasteiger partial charge is 0.145 e. The molecule has 2 aromatic rings. The Balaban J connectivity index is 1.43. The zero-order valence-electron chi connectivity index (χ0n) is 32.5. The van der Waals surface area contributed by atoms with Crippen molar-refractivity contribution < 1.29 is 10.2 Å². The standard InChI is InChI=1S/C43H58N6O2/c1-27(31-22-30(43(10,11)26-41(5,6)7)24-37(39(31)51)49-46-34-18-14-15-19-35(34)47-49)20-28-21-29(42(8,9)25-40(2,3)4)23-36(38(28)50)48-44-32-16-12-13-17-33(32)45-48/h12-19,21-24,27,32,34,44,46,50-51H,20,25-26H2,1-11H3. The van der Waals surface area contributed by atoms with Crippen LogP contribution in [0.4, 0.5) is 11.4 Å². The summed E-state index contributed by atoms with van der Waals surface area (Å²) in [5.41, 5.74) is 13.8. The van der Waals surface area contributed by atoms with Crippen LogP contribution in [-0.4, -0.2) is 33.7 Å². The Morgan fingerprint density at radius 1 is 0.647 bits per heavy atom. The lowest BCUT2D eigenvalue weighted by atomic mass is 9.71. The lowest BCUT2D eigenvalue weighted by molar-refractivity contribution is 0.283. The summed E-state index contributed by atoms with van der Waals surface area (Å²) < 4.78 is 0. The van der Waals surface area contributed by atoms with E-state index in [1.54, 1.807) is 10.2 Å². The molecule has 51 heavy (non-hydrogen) atoms. The highest BCUT2D eigenvalue weighted by atomic mass is 16.3. The monoisotopic (exact) mass is 690 g/mol. The van der Waals surface area contributed by atoms with E-state index in [1.807, 2.05) is 36.5 Å². The first-order chi connectivity index (χ1) is 23.7. The quantitative estimate of drug-likeness (QED) is 0.210. The van der Waals surface area contributed by atoms with Gasteiger partial charge in [-0.3, -0.25) is 0 Å². The molecule has 2 aromatic carbocycles. The average molecular weight is 691 g/mol. The lowest BCUT2D eigenvalue weighted by Gasteiger charge is -2.35. The van der Waals surface area contributed by atoms with Gasteiger partial charge in [-0.25, -0.2) is 0 Å². The number of hydrazine groups is 2. The second-order valence-corrected chi connectivity index (χ2v) is 18.7. The number of hydrogen-bond acceptors (Lipinski definition) is 8. The van der Waals surface area contributed by atoms with Gasteiger partial charge in [-0.2, -0.15) is 31.3 Å². The van der Waals surface area contributed by atoms with Crippen molar-refractivity contribution in [3.8, 4) is 11.5 Å². The molecule has 6 rings (SSSR count). The number of aromatic hydroxyl groups is 2. The van der Waals surface area contributed by atoms with Gasteiger partial charge in [0.25, 0.3) is 0 Å². The number of rotatable bonds is 9. The maximum Gasteiger partial charge on any atom is 0.145 e. The van der Waals surface area contributed by atoms with Gasteiger partial charge in [0.15, 0.2) is 0 Å². The molecular formula is C43H58N6O2. The summed E-state index contributed by atoms with van der Waals surface area (Å²) in [4.78, 5) is 0. The Hall–Kier alpha value is -4.14. The van der Waals surface area contributed by atoms with Gasteiger partial charge < -0.3 is 10.2 Å². The molecule has 272 valence electrons. The third-order valence-electron chi connectivity index (χ3n) is 10.3. The van der Waals surface area contributed by atoms with Crippen molar-refractivity contribution in [1.82, 2.24) is 10.9 Å². The van der Waals surface area contributed by atoms with Crippen molar-refractivity contribution in [3.63, 3.8) is 0 Å². The van der Waals surface area contributed by atoms with E-state index in [9.17, 15) is 10.2 Å². The molecule has 0 saturated heterocycles. The summed E-state index contributed by atoms with van der Waals surface area (Å²) in [5.74, 6) is 0.248. The summed E-state index contributed by atoms with van der Waals surface area (Å²) in [6.07, 6.45) is 18.6. The molecule has 3 unspecified atom stereocenters. The molecule has 2 heterocycles. The summed E-state index contributed by atoms with van der Waals surface area (Å²) in [6.45, 7) is 24.9. The van der Waals surface area contributed by atoms with Crippen LogP contribution in [0.5, 0.6) is 11.5 Å². The van der Waals surface area contributed by atoms with Crippen molar-refractivity contribution in [2.24, 2.45) is 21.0 Å². The second-order valence-electron chi connectivity index (χ2n) is 18.7. The van der Waals surface area contributed by atoms with E-state index in [2.05, 4.69) is 123 Å². The molecule has 0 fully saturated rings. The SMILES string of the molecule is CC(Cc1cc(C(C)(C)CC(C)(C)C)cc(N2N=C3C=CC=CC3N2)c1O)c1cc(C(C)(C)CC(C)(C)C)cc(N2N=C3C=CC=CC3N2)c1O. The molecule has 8 heteroatoms. The van der Waals surface area contributed by atoms with Crippen LogP contribution in [0.2, 0.25) is 0 Å². The highest BCUT2D eigenvalue weighted by molar-refractivity contribution is 6.04. The minimum atomic E-state index is -0.179. The van der Waals surface area contributed by atoms with E-state index in [-0.39, 0.29) is 51.2 Å². The normalized spacial score (nSPS) is 20.8. The molecule has 2 aliphatic heterocycles. The maximum atomic E-state index is 12.1. The summed E-state index contributed by atoms with van der Waals surface area (Å²) in [5, 5.41) is 37.3. The molecule has 0 saturated carbocycles. The summed E-state index contributed by atoms with van der Waals surface area (Å²) in [6, 6.07) is 8.42. The van der Waals surface area contributed by atoms with Gasteiger partial charge in [0, 0.05) is 0 Å². The Bertz CT molecular complexity index is 1860. The molecule has 3 atom stereocenters. The fourth-order valence-corrected chi connectivity index (χ4v) is 8.52. The van der Waals surface area contributed by atoms with E-state index in [1.165, 1.54) is 0 Å². The van der Waals surface area contributed by atoms with E-state index >= 15 is 0 Å². The molecular weight excluding hydrogens is 633 g/mol. The average Bonchev–Trinajstić information content (AvgIpc) is 3.64. The topological polar surface area (TPSA) is 95.7 Å². The van der Waals surface area contributed by atoms with Gasteiger partial charge in [-0.15, -0.1) is 0 Å². The fraction of sp³-hybridized carbons (Fsp3) is 0.488. The van der Waals surface area contributed by atoms with Crippen LogP contribution in [0.15, 0.2) is 83.1 Å². The Morgan fingerprint density at radius 2 is 1.10 bits per heavy atom. The van der Waals surface area contributed by atoms with Gasteiger partial charge in [0.2, 0.25) is 0 Å². The zero-order chi connectivity index (χ0) is 37.1. The van der Waals surface area contributed by atoms with Crippen LogP contribution in [0.25, 0.3) is 0 Å². The van der Waals surface area contributed by atoms with E-state index in [4.69, 9.17) is 10.2 Å². The van der Waals surface area contributed by atoms with E-state index in [0.717, 1.165) is 46.5 Å². The molecule has 2 aliphatic carbocycles. The minimum Gasteiger partial charge on any atom is -0.505 e. The number of nitrogens with one attached hydrogen (secondary N) is 2. The van der Waals surface area contributed by atoms with Crippen molar-refractivity contribution in [2.45, 2.75) is 124 Å². The van der Waals surface area contributed by atoms with Gasteiger partial charge in [-0.05, 0) is 93.4 Å². The molecule has 0 bridgehead atoms. The summed E-state index contributed by atoms with van der Waals surface area (Å²) >= 11 is 0. The number of allylic oxidation sites excluding steroid dienone is 4. The van der Waals surface area contributed by atoms with Crippen molar-refractivity contribution in [1.29, 1.82) is 0 Å². The van der Waals surface area contributed by atoms with Crippen LogP contribution in [0, 0.1) is 10.8 Å². The third-order valence-corrected chi connectivity index (χ3v) is 10.3. The molecule has 8 nitrogen and oxygen atoms in total.